The van der Waals surface area contributed by atoms with E-state index in [-0.39, 0.29) is 47.7 Å². The maximum Gasteiger partial charge on any atom is 0.161 e. The molecule has 1 aliphatic heterocycles. The molecule has 8 rings (SSSR count). The van der Waals surface area contributed by atoms with E-state index in [0.29, 0.717) is 31.6 Å². The average Bonchev–Trinajstić information content (AvgIpc) is 3.76. The largest absolute Gasteiger partial charge is 0.507 e. The summed E-state index contributed by atoms with van der Waals surface area (Å²) in [5.41, 5.74) is 9.96. The Morgan fingerprint density at radius 1 is 0.811 bits per heavy atom. The summed E-state index contributed by atoms with van der Waals surface area (Å²) >= 11 is 0. The van der Waals surface area contributed by atoms with E-state index in [2.05, 4.69) is 63.8 Å². The van der Waals surface area contributed by atoms with Crippen LogP contribution in [-0.4, -0.2) is 45.4 Å². The maximum atomic E-state index is 14.6. The molecule has 5 aromatic rings. The number of benzene rings is 3. The number of fused-ring (bicyclic) bond motifs is 8. The number of carbonyl (C=O) groups is 2. The first kappa shape index (κ1) is 34.3. The first-order chi connectivity index (χ1) is 25.8. The second kappa shape index (κ2) is 14.7. The van der Waals surface area contributed by atoms with Crippen molar-refractivity contribution in [1.29, 1.82) is 0 Å². The van der Waals surface area contributed by atoms with Gasteiger partial charge in [-0.1, -0.05) is 54.6 Å². The molecule has 0 radical (unpaired) electrons. The highest BCUT2D eigenvalue weighted by Gasteiger charge is 2.38. The van der Waals surface area contributed by atoms with Gasteiger partial charge < -0.3 is 30.2 Å². The number of aryl methyl sites for hydroxylation is 2. The quantitative estimate of drug-likeness (QED) is 0.120. The Kier molecular flexibility index (Phi) is 9.52. The number of H-pyrrole nitrogens is 2. The lowest BCUT2D eigenvalue weighted by molar-refractivity contribution is -0.129. The summed E-state index contributed by atoms with van der Waals surface area (Å²) in [5, 5.41) is 25.3. The van der Waals surface area contributed by atoms with Gasteiger partial charge in [0.1, 0.15) is 23.1 Å². The van der Waals surface area contributed by atoms with Gasteiger partial charge in [-0.25, -0.2) is 0 Å². The summed E-state index contributed by atoms with van der Waals surface area (Å²) in [5.74, 6) is 1.03. The Morgan fingerprint density at radius 3 is 2.47 bits per heavy atom. The van der Waals surface area contributed by atoms with E-state index in [0.717, 1.165) is 80.9 Å². The van der Waals surface area contributed by atoms with Crippen molar-refractivity contribution in [3.63, 3.8) is 0 Å². The highest BCUT2D eigenvalue weighted by molar-refractivity contribution is 6.02. The zero-order valence-electron chi connectivity index (χ0n) is 30.0. The summed E-state index contributed by atoms with van der Waals surface area (Å²) in [4.78, 5) is 35.1. The second-order valence-electron chi connectivity index (χ2n) is 14.8. The molecular formula is C45H45N3O5. The smallest absolute Gasteiger partial charge is 0.161 e. The number of aromatic amines is 2. The predicted octanol–water partition coefficient (Wildman–Crippen LogP) is 8.29. The van der Waals surface area contributed by atoms with Crippen LogP contribution in [0, 0.1) is 11.8 Å². The monoisotopic (exact) mass is 707 g/mol. The van der Waals surface area contributed by atoms with E-state index in [1.54, 1.807) is 12.1 Å². The van der Waals surface area contributed by atoms with Crippen LogP contribution >= 0.6 is 0 Å². The van der Waals surface area contributed by atoms with Crippen LogP contribution in [0.3, 0.4) is 0 Å². The van der Waals surface area contributed by atoms with Crippen LogP contribution in [0.1, 0.15) is 81.8 Å². The first-order valence-corrected chi connectivity index (χ1v) is 18.6. The molecule has 0 saturated heterocycles. The lowest BCUT2D eigenvalue weighted by Crippen LogP contribution is -2.32. The third kappa shape index (κ3) is 7.18. The average molecular weight is 708 g/mol. The summed E-state index contributed by atoms with van der Waals surface area (Å²) in [6.07, 6.45) is 14.3. The van der Waals surface area contributed by atoms with Gasteiger partial charge in [0, 0.05) is 66.9 Å². The van der Waals surface area contributed by atoms with Gasteiger partial charge in [0.15, 0.2) is 11.5 Å². The van der Waals surface area contributed by atoms with Gasteiger partial charge in [0.05, 0.1) is 13.5 Å². The Labute approximate surface area is 309 Å². The molecule has 0 amide bonds. The number of rotatable bonds is 3. The van der Waals surface area contributed by atoms with Crippen LogP contribution in [0.25, 0.3) is 12.2 Å². The van der Waals surface area contributed by atoms with Gasteiger partial charge in [-0.2, -0.15) is 0 Å². The number of aromatic nitrogens is 2. The standard InChI is InChI=1S/C45H45N3O5/c1-53-42-23-30-9-12-35(49)25-41(51)43-34(26-48-45-32(14-16-47-45)19-28-4-2-5-29(18-28)20-33(21-30)44(42)52)24-39-37(15-17-46-39)38(43)22-27-8-11-31-6-3-7-40(50)36(31)13-10-27/h2-7,10,13-18,21,23-24,27,38,43,46-48,50,52H,8-9,11-12,19-20,22,25-26H2,1H3. The van der Waals surface area contributed by atoms with Crippen LogP contribution in [0.5, 0.6) is 17.2 Å². The molecular weight excluding hydrogens is 663 g/mol. The number of aromatic hydroxyl groups is 2. The number of allylic oxidation sites excluding steroid dienone is 1. The molecule has 0 spiro atoms. The number of nitrogens with one attached hydrogen (secondary N) is 3. The van der Waals surface area contributed by atoms with Crippen LogP contribution in [0.4, 0.5) is 5.82 Å². The SMILES string of the molecule is COc1cc2cc(c1O)Cc1cccc(c1)Cc1cc[nH]c1NCC1=Cc3[nH]ccc3C(CC3C=Cc4c(O)cccc4CC3)C1C(=O)CC(=O)CC2. The number of carbonyl (C=O) groups excluding carboxylic acids is 2. The van der Waals surface area contributed by atoms with Gasteiger partial charge in [0.25, 0.3) is 0 Å². The second-order valence-corrected chi connectivity index (χ2v) is 14.8. The molecule has 270 valence electrons. The van der Waals surface area contributed by atoms with E-state index >= 15 is 0 Å². The fraction of sp³-hybridized carbons (Fsp3) is 0.289. The zero-order valence-corrected chi connectivity index (χ0v) is 30.0. The van der Waals surface area contributed by atoms with E-state index in [9.17, 15) is 19.8 Å². The van der Waals surface area contributed by atoms with Crippen molar-refractivity contribution in [2.45, 2.75) is 57.3 Å². The molecule has 4 bridgehead atoms. The van der Waals surface area contributed by atoms with Crippen molar-refractivity contribution in [2.75, 3.05) is 19.0 Å². The number of phenols is 2. The summed E-state index contributed by atoms with van der Waals surface area (Å²) in [6, 6.07) is 22.0. The molecule has 2 aromatic heterocycles. The van der Waals surface area contributed by atoms with Crippen molar-refractivity contribution < 1.29 is 24.5 Å². The molecule has 0 saturated carbocycles. The number of ether oxygens (including phenoxy) is 1. The number of hydrogen-bond acceptors (Lipinski definition) is 6. The predicted molar refractivity (Wildman–Crippen MR) is 208 cm³/mol. The molecule has 53 heavy (non-hydrogen) atoms. The molecule has 3 aromatic carbocycles. The van der Waals surface area contributed by atoms with Gasteiger partial charge in [-0.15, -0.1) is 0 Å². The minimum absolute atomic E-state index is 0.0666. The molecule has 0 fully saturated rings. The minimum atomic E-state index is -0.486. The summed E-state index contributed by atoms with van der Waals surface area (Å²) in [7, 11) is 1.53. The van der Waals surface area contributed by atoms with Gasteiger partial charge in [-0.3, -0.25) is 9.59 Å². The lowest BCUT2D eigenvalue weighted by atomic mass is 9.69. The summed E-state index contributed by atoms with van der Waals surface area (Å²) < 4.78 is 5.54. The first-order valence-electron chi connectivity index (χ1n) is 18.6. The van der Waals surface area contributed by atoms with Gasteiger partial charge in [-0.05, 0) is 101 Å². The van der Waals surface area contributed by atoms with Crippen LogP contribution in [0.15, 0.2) is 90.8 Å². The fourth-order valence-corrected chi connectivity index (χ4v) is 8.65. The molecule has 2 aliphatic carbocycles. The van der Waals surface area contributed by atoms with Crippen molar-refractivity contribution >= 4 is 29.5 Å². The van der Waals surface area contributed by atoms with Crippen LogP contribution < -0.4 is 10.1 Å². The Balaban J connectivity index is 1.15. The van der Waals surface area contributed by atoms with Crippen molar-refractivity contribution in [1.82, 2.24) is 9.97 Å². The number of hydrogen-bond donors (Lipinski definition) is 5. The van der Waals surface area contributed by atoms with Gasteiger partial charge in [0.2, 0.25) is 0 Å². The van der Waals surface area contributed by atoms with E-state index < -0.39 is 5.92 Å². The molecule has 3 heterocycles. The van der Waals surface area contributed by atoms with Crippen molar-refractivity contribution in [3.8, 4) is 17.2 Å². The maximum absolute atomic E-state index is 14.6. The highest BCUT2D eigenvalue weighted by atomic mass is 16.5. The Bertz CT molecular complexity index is 2240. The molecule has 3 atom stereocenters. The van der Waals surface area contributed by atoms with Crippen LogP contribution in [0.2, 0.25) is 0 Å². The molecule has 3 aliphatic rings. The number of anilines is 1. The zero-order chi connectivity index (χ0) is 36.5. The number of phenolic OH excluding ortho intramolecular Hbond substituents is 2. The third-order valence-corrected chi connectivity index (χ3v) is 11.3. The lowest BCUT2D eigenvalue weighted by Gasteiger charge is -2.34. The number of Topliss-reactive ketones (excluding diaryl/α,β-unsaturated/α-hetero) is 2. The highest BCUT2D eigenvalue weighted by Crippen LogP contribution is 2.45. The molecule has 3 unspecified atom stereocenters. The molecule has 5 N–H and O–H groups in total. The molecule has 8 heteroatoms. The topological polar surface area (TPSA) is 127 Å². The number of methoxy groups -OCH3 is 1. The number of ketones is 2. The third-order valence-electron chi connectivity index (χ3n) is 11.3. The Hall–Kier alpha value is -5.76. The van der Waals surface area contributed by atoms with Gasteiger partial charge >= 0.3 is 0 Å². The van der Waals surface area contributed by atoms with E-state index in [4.69, 9.17) is 4.74 Å². The Morgan fingerprint density at radius 2 is 1.62 bits per heavy atom. The fourth-order valence-electron chi connectivity index (χ4n) is 8.65. The minimum Gasteiger partial charge on any atom is -0.507 e. The normalized spacial score (nSPS) is 20.2. The summed E-state index contributed by atoms with van der Waals surface area (Å²) in [6.45, 7) is 0.442. The van der Waals surface area contributed by atoms with Crippen LogP contribution in [-0.2, 0) is 35.3 Å². The van der Waals surface area contributed by atoms with Crippen molar-refractivity contribution in [3.05, 3.63) is 141 Å². The van der Waals surface area contributed by atoms with E-state index in [1.165, 1.54) is 7.11 Å². The molecule has 8 nitrogen and oxygen atoms in total. The van der Waals surface area contributed by atoms with E-state index in [1.807, 2.05) is 36.7 Å². The van der Waals surface area contributed by atoms with Crippen molar-refractivity contribution in [2.24, 2.45) is 11.8 Å².